The molecule has 3 heteroatoms. The molecular formula is C18H25NO2. The molecule has 0 saturated heterocycles. The molecule has 1 aliphatic carbocycles. The minimum Gasteiger partial charge on any atom is -0.481 e. The van der Waals surface area contributed by atoms with Crippen molar-refractivity contribution in [3.63, 3.8) is 0 Å². The van der Waals surface area contributed by atoms with Gasteiger partial charge in [-0.05, 0) is 36.8 Å². The summed E-state index contributed by atoms with van der Waals surface area (Å²) in [5, 5.41) is 9.14. The van der Waals surface area contributed by atoms with E-state index >= 15 is 0 Å². The zero-order valence-electron chi connectivity index (χ0n) is 12.8. The number of nitrogens with zero attached hydrogens (tertiary/aromatic N) is 1. The summed E-state index contributed by atoms with van der Waals surface area (Å²) in [6, 6.07) is 9.59. The number of carboxylic acids is 1. The number of fused-ring (bicyclic) bond motifs is 1. The maximum absolute atomic E-state index is 11.1. The monoisotopic (exact) mass is 287 g/mol. The highest BCUT2D eigenvalue weighted by molar-refractivity contribution is 5.68. The second-order valence-electron chi connectivity index (χ2n) is 6.67. The van der Waals surface area contributed by atoms with Gasteiger partial charge in [0.15, 0.2) is 0 Å². The number of benzene rings is 1. The van der Waals surface area contributed by atoms with Crippen molar-refractivity contribution in [3.05, 3.63) is 29.8 Å². The lowest BCUT2D eigenvalue weighted by atomic mass is 9.90. The van der Waals surface area contributed by atoms with E-state index in [0.29, 0.717) is 12.1 Å². The molecule has 2 atom stereocenters. The minimum atomic E-state index is -0.679. The van der Waals surface area contributed by atoms with Crippen molar-refractivity contribution in [3.8, 4) is 0 Å². The summed E-state index contributed by atoms with van der Waals surface area (Å²) in [6.07, 6.45) is 7.74. The molecule has 1 aromatic carbocycles. The third-order valence-electron chi connectivity index (χ3n) is 5.18. The highest BCUT2D eigenvalue weighted by Crippen LogP contribution is 2.40. The average molecular weight is 287 g/mol. The van der Waals surface area contributed by atoms with Crippen LogP contribution in [0.15, 0.2) is 24.3 Å². The van der Waals surface area contributed by atoms with E-state index in [9.17, 15) is 4.79 Å². The zero-order valence-corrected chi connectivity index (χ0v) is 12.8. The van der Waals surface area contributed by atoms with Gasteiger partial charge in [0.25, 0.3) is 0 Å². The molecule has 0 amide bonds. The van der Waals surface area contributed by atoms with Gasteiger partial charge in [0, 0.05) is 24.2 Å². The van der Waals surface area contributed by atoms with Crippen LogP contribution in [0.4, 0.5) is 5.69 Å². The molecule has 1 saturated carbocycles. The first-order chi connectivity index (χ1) is 10.2. The Labute approximate surface area is 127 Å². The van der Waals surface area contributed by atoms with Gasteiger partial charge in [0.1, 0.15) is 0 Å². The first kappa shape index (κ1) is 14.4. The Morgan fingerprint density at radius 1 is 1.29 bits per heavy atom. The molecule has 0 aromatic heterocycles. The molecule has 114 valence electrons. The van der Waals surface area contributed by atoms with Crippen molar-refractivity contribution in [1.82, 2.24) is 0 Å². The van der Waals surface area contributed by atoms with Crippen LogP contribution in [0, 0.1) is 5.92 Å². The maximum atomic E-state index is 11.1. The summed E-state index contributed by atoms with van der Waals surface area (Å²) < 4.78 is 0. The van der Waals surface area contributed by atoms with Gasteiger partial charge in [-0.3, -0.25) is 4.79 Å². The predicted octanol–water partition coefficient (Wildman–Crippen LogP) is 3.86. The Hall–Kier alpha value is -1.51. The number of carboxylic acid groups (broad SMARTS) is 1. The molecule has 21 heavy (non-hydrogen) atoms. The van der Waals surface area contributed by atoms with Crippen LogP contribution in [0.1, 0.15) is 51.0 Å². The SMILES string of the molecule is CC(CC(=O)O)C1Cc2ccccc2N1C1CCCCC1. The van der Waals surface area contributed by atoms with Crippen LogP contribution in [-0.4, -0.2) is 23.2 Å². The van der Waals surface area contributed by atoms with E-state index in [-0.39, 0.29) is 12.3 Å². The van der Waals surface area contributed by atoms with E-state index in [4.69, 9.17) is 5.11 Å². The number of rotatable bonds is 4. The van der Waals surface area contributed by atoms with E-state index in [1.807, 2.05) is 0 Å². The van der Waals surface area contributed by atoms with E-state index in [2.05, 4.69) is 36.1 Å². The number of hydrogen-bond acceptors (Lipinski definition) is 2. The summed E-state index contributed by atoms with van der Waals surface area (Å²) in [5.41, 5.74) is 2.75. The summed E-state index contributed by atoms with van der Waals surface area (Å²) in [6.45, 7) is 2.10. The molecule has 3 nitrogen and oxygen atoms in total. The molecular weight excluding hydrogens is 262 g/mol. The molecule has 1 aromatic rings. The van der Waals surface area contributed by atoms with Crippen molar-refractivity contribution in [2.75, 3.05) is 4.90 Å². The van der Waals surface area contributed by atoms with E-state index in [1.54, 1.807) is 0 Å². The van der Waals surface area contributed by atoms with E-state index in [1.165, 1.54) is 43.4 Å². The van der Waals surface area contributed by atoms with Crippen LogP contribution in [0.5, 0.6) is 0 Å². The molecule has 1 fully saturated rings. The molecule has 0 radical (unpaired) electrons. The Balaban J connectivity index is 1.87. The normalized spacial score (nSPS) is 23.9. The Kier molecular flexibility index (Phi) is 4.18. The first-order valence-electron chi connectivity index (χ1n) is 8.25. The number of para-hydroxylation sites is 1. The van der Waals surface area contributed by atoms with Crippen LogP contribution in [-0.2, 0) is 11.2 Å². The van der Waals surface area contributed by atoms with Gasteiger partial charge >= 0.3 is 5.97 Å². The molecule has 0 spiro atoms. The zero-order chi connectivity index (χ0) is 14.8. The molecule has 1 N–H and O–H groups in total. The van der Waals surface area contributed by atoms with Crippen LogP contribution in [0.3, 0.4) is 0 Å². The minimum absolute atomic E-state index is 0.192. The number of anilines is 1. The van der Waals surface area contributed by atoms with E-state index in [0.717, 1.165) is 6.42 Å². The van der Waals surface area contributed by atoms with Gasteiger partial charge in [-0.15, -0.1) is 0 Å². The molecule has 1 heterocycles. The standard InChI is InChI=1S/C18H25NO2/c1-13(11-18(20)21)17-12-14-7-5-6-10-16(14)19(17)15-8-3-2-4-9-15/h5-7,10,13,15,17H,2-4,8-9,11-12H2,1H3,(H,20,21). The number of carbonyl (C=O) groups is 1. The third kappa shape index (κ3) is 2.92. The Bertz CT molecular complexity index is 508. The Morgan fingerprint density at radius 2 is 2.00 bits per heavy atom. The highest BCUT2D eigenvalue weighted by atomic mass is 16.4. The molecule has 2 aliphatic rings. The summed E-state index contributed by atoms with van der Waals surface area (Å²) in [7, 11) is 0. The first-order valence-corrected chi connectivity index (χ1v) is 8.25. The topological polar surface area (TPSA) is 40.5 Å². The van der Waals surface area contributed by atoms with Crippen LogP contribution in [0.25, 0.3) is 0 Å². The Morgan fingerprint density at radius 3 is 2.71 bits per heavy atom. The fourth-order valence-electron chi connectivity index (χ4n) is 4.15. The summed E-state index contributed by atoms with van der Waals surface area (Å²) >= 11 is 0. The van der Waals surface area contributed by atoms with Crippen molar-refractivity contribution in [1.29, 1.82) is 0 Å². The third-order valence-corrected chi connectivity index (χ3v) is 5.18. The summed E-state index contributed by atoms with van der Waals surface area (Å²) in [4.78, 5) is 13.7. The van der Waals surface area contributed by atoms with Gasteiger partial charge in [0.05, 0.1) is 0 Å². The quantitative estimate of drug-likeness (QED) is 0.914. The average Bonchev–Trinajstić information content (AvgIpc) is 2.87. The maximum Gasteiger partial charge on any atom is 0.303 e. The largest absolute Gasteiger partial charge is 0.481 e. The fraction of sp³-hybridized carbons (Fsp3) is 0.611. The fourth-order valence-corrected chi connectivity index (χ4v) is 4.15. The van der Waals surface area contributed by atoms with Crippen molar-refractivity contribution < 1.29 is 9.90 Å². The van der Waals surface area contributed by atoms with Crippen molar-refractivity contribution >= 4 is 11.7 Å². The predicted molar refractivity (Wildman–Crippen MR) is 84.7 cm³/mol. The summed E-state index contributed by atoms with van der Waals surface area (Å²) in [5.74, 6) is -0.487. The van der Waals surface area contributed by atoms with Crippen LogP contribution < -0.4 is 4.90 Å². The lowest BCUT2D eigenvalue weighted by molar-refractivity contribution is -0.138. The second kappa shape index (κ2) is 6.08. The number of aliphatic carboxylic acids is 1. The van der Waals surface area contributed by atoms with Gasteiger partial charge in [0.2, 0.25) is 0 Å². The van der Waals surface area contributed by atoms with Gasteiger partial charge in [-0.25, -0.2) is 0 Å². The van der Waals surface area contributed by atoms with Crippen LogP contribution in [0.2, 0.25) is 0 Å². The molecule has 1 aliphatic heterocycles. The van der Waals surface area contributed by atoms with Crippen molar-refractivity contribution in [2.24, 2.45) is 5.92 Å². The van der Waals surface area contributed by atoms with Crippen LogP contribution >= 0.6 is 0 Å². The lowest BCUT2D eigenvalue weighted by Crippen LogP contribution is -2.45. The highest BCUT2D eigenvalue weighted by Gasteiger charge is 2.37. The smallest absolute Gasteiger partial charge is 0.303 e. The van der Waals surface area contributed by atoms with E-state index < -0.39 is 5.97 Å². The second-order valence-corrected chi connectivity index (χ2v) is 6.67. The van der Waals surface area contributed by atoms with Gasteiger partial charge in [-0.2, -0.15) is 0 Å². The lowest BCUT2D eigenvalue weighted by Gasteiger charge is -2.40. The number of hydrogen-bond donors (Lipinski definition) is 1. The molecule has 2 unspecified atom stereocenters. The van der Waals surface area contributed by atoms with Gasteiger partial charge < -0.3 is 10.0 Å². The molecule has 0 bridgehead atoms. The van der Waals surface area contributed by atoms with Crippen molar-refractivity contribution in [2.45, 2.75) is 64.0 Å². The molecule has 3 rings (SSSR count). The van der Waals surface area contributed by atoms with Gasteiger partial charge in [-0.1, -0.05) is 44.4 Å².